The molecule has 47 heavy (non-hydrogen) atoms. The Hall–Kier alpha value is -4.62. The standard InChI is InChI=1S/C46H45N/c1-31(2)37-17-10-11-20-41(37)45-38-18-9-8-16-34(38)24-29-44(45)47(35-25-22-33(23-26-35)32-14-6-5-7-15-32)36-27-28-40-39-19-12-13-21-42(39)46(3,4)43(40)30-36/h8-13,16-32H,5-7,14-15H2,1-4H3. The zero-order chi connectivity index (χ0) is 32.1. The van der Waals surface area contributed by atoms with Gasteiger partial charge in [-0.15, -0.1) is 0 Å². The van der Waals surface area contributed by atoms with Crippen molar-refractivity contribution in [3.63, 3.8) is 0 Å². The number of hydrogen-bond acceptors (Lipinski definition) is 1. The molecule has 1 heteroatoms. The fraction of sp³-hybridized carbons (Fsp3) is 0.261. The molecule has 0 heterocycles. The number of benzene rings is 6. The third-order valence-electron chi connectivity index (χ3n) is 11.1. The van der Waals surface area contributed by atoms with Gasteiger partial charge in [-0.3, -0.25) is 0 Å². The van der Waals surface area contributed by atoms with Gasteiger partial charge in [-0.25, -0.2) is 0 Å². The molecule has 1 fully saturated rings. The highest BCUT2D eigenvalue weighted by Crippen LogP contribution is 2.52. The fourth-order valence-corrected chi connectivity index (χ4v) is 8.55. The Balaban J connectivity index is 1.37. The highest BCUT2D eigenvalue weighted by atomic mass is 15.1. The van der Waals surface area contributed by atoms with E-state index in [9.17, 15) is 0 Å². The molecular formula is C46H45N. The third-order valence-corrected chi connectivity index (χ3v) is 11.1. The van der Waals surface area contributed by atoms with Crippen LogP contribution in [-0.4, -0.2) is 0 Å². The van der Waals surface area contributed by atoms with Crippen molar-refractivity contribution < 1.29 is 0 Å². The van der Waals surface area contributed by atoms with Gasteiger partial charge < -0.3 is 4.90 Å². The monoisotopic (exact) mass is 611 g/mol. The van der Waals surface area contributed by atoms with Crippen LogP contribution in [0.4, 0.5) is 17.1 Å². The maximum Gasteiger partial charge on any atom is 0.0546 e. The van der Waals surface area contributed by atoms with Crippen molar-refractivity contribution in [1.29, 1.82) is 0 Å². The van der Waals surface area contributed by atoms with E-state index in [1.165, 1.54) is 104 Å². The Kier molecular flexibility index (Phi) is 7.52. The minimum atomic E-state index is -0.0745. The first-order chi connectivity index (χ1) is 22.9. The molecule has 2 aliphatic rings. The molecule has 6 aromatic rings. The summed E-state index contributed by atoms with van der Waals surface area (Å²) < 4.78 is 0. The molecule has 0 amide bonds. The SMILES string of the molecule is CC(C)c1ccccc1-c1c(N(c2ccc(C3CCCCC3)cc2)c2ccc3c(c2)C(C)(C)c2ccccc2-3)ccc2ccccc12. The number of fused-ring (bicyclic) bond motifs is 4. The highest BCUT2D eigenvalue weighted by molar-refractivity contribution is 6.06. The summed E-state index contributed by atoms with van der Waals surface area (Å²) in [7, 11) is 0. The van der Waals surface area contributed by atoms with E-state index in [4.69, 9.17) is 0 Å². The third kappa shape index (κ3) is 5.08. The van der Waals surface area contributed by atoms with Gasteiger partial charge in [0.15, 0.2) is 0 Å². The van der Waals surface area contributed by atoms with E-state index < -0.39 is 0 Å². The smallest absolute Gasteiger partial charge is 0.0546 e. The van der Waals surface area contributed by atoms with Crippen LogP contribution in [0.5, 0.6) is 0 Å². The first kappa shape index (κ1) is 29.8. The molecule has 0 aromatic heterocycles. The molecule has 0 radical (unpaired) electrons. The molecule has 0 saturated heterocycles. The minimum Gasteiger partial charge on any atom is -0.310 e. The zero-order valence-electron chi connectivity index (χ0n) is 28.3. The van der Waals surface area contributed by atoms with Gasteiger partial charge in [-0.2, -0.15) is 0 Å². The first-order valence-electron chi connectivity index (χ1n) is 17.7. The Morgan fingerprint density at radius 2 is 1.26 bits per heavy atom. The van der Waals surface area contributed by atoms with E-state index in [1.807, 2.05) is 0 Å². The summed E-state index contributed by atoms with van der Waals surface area (Å²) in [6, 6.07) is 48.3. The van der Waals surface area contributed by atoms with Gasteiger partial charge in [0.1, 0.15) is 0 Å². The predicted octanol–water partition coefficient (Wildman–Crippen LogP) is 13.5. The molecule has 2 aliphatic carbocycles. The van der Waals surface area contributed by atoms with Crippen LogP contribution in [0, 0.1) is 0 Å². The number of hydrogen-bond donors (Lipinski definition) is 0. The normalized spacial score (nSPS) is 15.5. The van der Waals surface area contributed by atoms with Crippen LogP contribution in [-0.2, 0) is 5.41 Å². The van der Waals surface area contributed by atoms with Gasteiger partial charge in [0.25, 0.3) is 0 Å². The van der Waals surface area contributed by atoms with E-state index in [2.05, 4.69) is 160 Å². The van der Waals surface area contributed by atoms with Gasteiger partial charge in [-0.1, -0.05) is 144 Å². The maximum atomic E-state index is 2.53. The molecule has 1 nitrogen and oxygen atoms in total. The summed E-state index contributed by atoms with van der Waals surface area (Å²) in [6.45, 7) is 9.38. The van der Waals surface area contributed by atoms with Crippen LogP contribution in [0.15, 0.2) is 127 Å². The molecule has 0 N–H and O–H groups in total. The molecule has 0 atom stereocenters. The quantitative estimate of drug-likeness (QED) is 0.181. The lowest BCUT2D eigenvalue weighted by molar-refractivity contribution is 0.443. The molecule has 6 aromatic carbocycles. The van der Waals surface area contributed by atoms with Crippen molar-refractivity contribution in [2.24, 2.45) is 0 Å². The number of anilines is 3. The second kappa shape index (κ2) is 11.9. The van der Waals surface area contributed by atoms with Crippen molar-refractivity contribution in [2.45, 2.75) is 77.0 Å². The second-order valence-electron chi connectivity index (χ2n) is 14.6. The Morgan fingerprint density at radius 1 is 0.596 bits per heavy atom. The lowest BCUT2D eigenvalue weighted by Crippen LogP contribution is -2.17. The van der Waals surface area contributed by atoms with Gasteiger partial charge in [-0.05, 0) is 105 Å². The molecule has 0 aliphatic heterocycles. The van der Waals surface area contributed by atoms with Crippen molar-refractivity contribution in [1.82, 2.24) is 0 Å². The molecule has 0 bridgehead atoms. The first-order valence-corrected chi connectivity index (χ1v) is 17.7. The summed E-state index contributed by atoms with van der Waals surface area (Å²) in [5.41, 5.74) is 14.5. The van der Waals surface area contributed by atoms with Gasteiger partial charge in [0.05, 0.1) is 5.69 Å². The molecule has 0 unspecified atom stereocenters. The van der Waals surface area contributed by atoms with Crippen LogP contribution in [0.25, 0.3) is 33.0 Å². The number of nitrogens with zero attached hydrogens (tertiary/aromatic N) is 1. The van der Waals surface area contributed by atoms with Crippen molar-refractivity contribution in [2.75, 3.05) is 4.90 Å². The van der Waals surface area contributed by atoms with Crippen molar-refractivity contribution >= 4 is 27.8 Å². The van der Waals surface area contributed by atoms with Crippen LogP contribution >= 0.6 is 0 Å². The predicted molar refractivity (Wildman–Crippen MR) is 202 cm³/mol. The van der Waals surface area contributed by atoms with Gasteiger partial charge in [0.2, 0.25) is 0 Å². The second-order valence-corrected chi connectivity index (χ2v) is 14.6. The van der Waals surface area contributed by atoms with E-state index in [-0.39, 0.29) is 5.41 Å². The van der Waals surface area contributed by atoms with Crippen molar-refractivity contribution in [3.05, 3.63) is 150 Å². The Morgan fingerprint density at radius 3 is 2.04 bits per heavy atom. The minimum absolute atomic E-state index is 0.0745. The van der Waals surface area contributed by atoms with Crippen molar-refractivity contribution in [3.8, 4) is 22.3 Å². The maximum absolute atomic E-state index is 2.53. The Labute approximate surface area is 280 Å². The fourth-order valence-electron chi connectivity index (χ4n) is 8.55. The van der Waals surface area contributed by atoms with Crippen LogP contribution in [0.2, 0.25) is 0 Å². The molecule has 1 saturated carbocycles. The summed E-state index contributed by atoms with van der Waals surface area (Å²) in [5, 5.41) is 2.55. The lowest BCUT2D eigenvalue weighted by Gasteiger charge is -2.31. The molecule has 8 rings (SSSR count). The van der Waals surface area contributed by atoms with E-state index in [1.54, 1.807) is 0 Å². The van der Waals surface area contributed by atoms with Gasteiger partial charge >= 0.3 is 0 Å². The molecule has 0 spiro atoms. The highest BCUT2D eigenvalue weighted by Gasteiger charge is 2.36. The zero-order valence-corrected chi connectivity index (χ0v) is 28.3. The van der Waals surface area contributed by atoms with Crippen LogP contribution in [0.1, 0.15) is 93.9 Å². The topological polar surface area (TPSA) is 3.24 Å². The average molecular weight is 612 g/mol. The summed E-state index contributed by atoms with van der Waals surface area (Å²) >= 11 is 0. The van der Waals surface area contributed by atoms with E-state index in [0.29, 0.717) is 11.8 Å². The summed E-state index contributed by atoms with van der Waals surface area (Å²) in [4.78, 5) is 2.53. The number of rotatable bonds is 6. The largest absolute Gasteiger partial charge is 0.310 e. The molecule has 234 valence electrons. The molecular weight excluding hydrogens is 567 g/mol. The average Bonchev–Trinajstić information content (AvgIpc) is 3.34. The van der Waals surface area contributed by atoms with E-state index in [0.717, 1.165) is 0 Å². The van der Waals surface area contributed by atoms with Crippen LogP contribution < -0.4 is 4.90 Å². The van der Waals surface area contributed by atoms with Gasteiger partial charge in [0, 0.05) is 22.4 Å². The summed E-state index contributed by atoms with van der Waals surface area (Å²) in [6.07, 6.45) is 6.70. The van der Waals surface area contributed by atoms with E-state index >= 15 is 0 Å². The Bertz CT molecular complexity index is 2070. The van der Waals surface area contributed by atoms with Crippen LogP contribution in [0.3, 0.4) is 0 Å². The summed E-state index contributed by atoms with van der Waals surface area (Å²) in [5.74, 6) is 1.08. The lowest BCUT2D eigenvalue weighted by atomic mass is 9.82.